The maximum absolute atomic E-state index is 5.52. The molecule has 0 aliphatic heterocycles. The third-order valence-corrected chi connectivity index (χ3v) is 4.07. The minimum atomic E-state index is 0.601. The van der Waals surface area contributed by atoms with Crippen molar-refractivity contribution < 1.29 is 0 Å². The Hall–Kier alpha value is -1.24. The van der Waals surface area contributed by atoms with E-state index in [1.807, 2.05) is 10.9 Å². The molecule has 0 atom stereocenters. The molecule has 1 aliphatic rings. The van der Waals surface area contributed by atoms with Gasteiger partial charge in [0.2, 0.25) is 0 Å². The normalized spacial score (nSPS) is 15.3. The Balaban J connectivity index is 1.63. The highest BCUT2D eigenvalue weighted by atomic mass is 32.1. The van der Waals surface area contributed by atoms with Gasteiger partial charge in [0.15, 0.2) is 0 Å². The smallest absolute Gasteiger partial charge is 0.0967 e. The Morgan fingerprint density at radius 3 is 3.00 bits per heavy atom. The van der Waals surface area contributed by atoms with Crippen LogP contribution in [0, 0.1) is 0 Å². The van der Waals surface area contributed by atoms with Gasteiger partial charge in [0.1, 0.15) is 0 Å². The van der Waals surface area contributed by atoms with Gasteiger partial charge in [0, 0.05) is 31.9 Å². The van der Waals surface area contributed by atoms with Crippen molar-refractivity contribution in [1.82, 2.24) is 19.9 Å². The first-order chi connectivity index (χ1) is 9.35. The lowest BCUT2D eigenvalue weighted by Gasteiger charge is -2.19. The SMILES string of the molecule is NCCn1cc(CN(Cc2ccsc2)C2CC2)nn1. The summed E-state index contributed by atoms with van der Waals surface area (Å²) in [7, 11) is 0. The number of nitrogens with zero attached hydrogens (tertiary/aromatic N) is 4. The Labute approximate surface area is 117 Å². The van der Waals surface area contributed by atoms with Gasteiger partial charge in [-0.3, -0.25) is 9.58 Å². The summed E-state index contributed by atoms with van der Waals surface area (Å²) in [5, 5.41) is 12.7. The molecule has 1 saturated carbocycles. The average Bonchev–Trinajstić information content (AvgIpc) is 2.95. The van der Waals surface area contributed by atoms with Crippen LogP contribution in [0.25, 0.3) is 0 Å². The summed E-state index contributed by atoms with van der Waals surface area (Å²) >= 11 is 1.76. The zero-order chi connectivity index (χ0) is 13.1. The van der Waals surface area contributed by atoms with Crippen molar-refractivity contribution >= 4 is 11.3 Å². The molecule has 5 nitrogen and oxygen atoms in total. The van der Waals surface area contributed by atoms with Crippen molar-refractivity contribution in [3.8, 4) is 0 Å². The zero-order valence-electron chi connectivity index (χ0n) is 10.9. The number of thiophene rings is 1. The first-order valence-electron chi connectivity index (χ1n) is 6.69. The van der Waals surface area contributed by atoms with Crippen molar-refractivity contribution in [2.45, 2.75) is 38.5 Å². The van der Waals surface area contributed by atoms with E-state index in [9.17, 15) is 0 Å². The van der Waals surface area contributed by atoms with E-state index in [-0.39, 0.29) is 0 Å². The maximum atomic E-state index is 5.52. The molecule has 0 radical (unpaired) electrons. The number of aromatic nitrogens is 3. The van der Waals surface area contributed by atoms with Gasteiger partial charge in [0.05, 0.1) is 12.2 Å². The number of nitrogens with two attached hydrogens (primary N) is 1. The molecule has 0 amide bonds. The molecule has 1 fully saturated rings. The second kappa shape index (κ2) is 5.81. The molecule has 1 aliphatic carbocycles. The Morgan fingerprint density at radius 1 is 1.42 bits per heavy atom. The predicted molar refractivity (Wildman–Crippen MR) is 75.7 cm³/mol. The minimum Gasteiger partial charge on any atom is -0.329 e. The summed E-state index contributed by atoms with van der Waals surface area (Å²) < 4.78 is 1.82. The van der Waals surface area contributed by atoms with Gasteiger partial charge in [-0.15, -0.1) is 5.10 Å². The molecule has 0 saturated heterocycles. The Morgan fingerprint density at radius 2 is 2.32 bits per heavy atom. The van der Waals surface area contributed by atoms with Crippen LogP contribution in [-0.4, -0.2) is 32.5 Å². The molecule has 102 valence electrons. The lowest BCUT2D eigenvalue weighted by Crippen LogP contribution is -2.25. The molecule has 2 N–H and O–H groups in total. The third kappa shape index (κ3) is 3.40. The van der Waals surface area contributed by atoms with Crippen molar-refractivity contribution in [3.05, 3.63) is 34.3 Å². The highest BCUT2D eigenvalue weighted by Gasteiger charge is 2.29. The molecule has 2 heterocycles. The highest BCUT2D eigenvalue weighted by Crippen LogP contribution is 2.29. The quantitative estimate of drug-likeness (QED) is 0.832. The van der Waals surface area contributed by atoms with Gasteiger partial charge < -0.3 is 5.73 Å². The lowest BCUT2D eigenvalue weighted by molar-refractivity contribution is 0.243. The monoisotopic (exact) mass is 277 g/mol. The van der Waals surface area contributed by atoms with Crippen LogP contribution in [0.15, 0.2) is 23.0 Å². The van der Waals surface area contributed by atoms with Gasteiger partial charge in [0.25, 0.3) is 0 Å². The Kier molecular flexibility index (Phi) is 3.91. The van der Waals surface area contributed by atoms with Crippen molar-refractivity contribution in [3.63, 3.8) is 0 Å². The highest BCUT2D eigenvalue weighted by molar-refractivity contribution is 7.07. The number of rotatable bonds is 7. The summed E-state index contributed by atoms with van der Waals surface area (Å²) in [6.07, 6.45) is 4.62. The molecule has 2 aromatic heterocycles. The van der Waals surface area contributed by atoms with Gasteiger partial charge in [-0.1, -0.05) is 5.21 Å². The van der Waals surface area contributed by atoms with E-state index in [4.69, 9.17) is 5.73 Å². The van der Waals surface area contributed by atoms with E-state index in [1.54, 1.807) is 11.3 Å². The number of hydrogen-bond acceptors (Lipinski definition) is 5. The molecule has 19 heavy (non-hydrogen) atoms. The minimum absolute atomic E-state index is 0.601. The molecule has 0 spiro atoms. The molecule has 6 heteroatoms. The maximum Gasteiger partial charge on any atom is 0.0967 e. The zero-order valence-corrected chi connectivity index (χ0v) is 11.7. The van der Waals surface area contributed by atoms with Gasteiger partial charge in [-0.05, 0) is 35.2 Å². The second-order valence-corrected chi connectivity index (χ2v) is 5.81. The largest absolute Gasteiger partial charge is 0.329 e. The van der Waals surface area contributed by atoms with Crippen molar-refractivity contribution in [1.29, 1.82) is 0 Å². The summed E-state index contributed by atoms with van der Waals surface area (Å²) in [6.45, 7) is 3.23. The fourth-order valence-corrected chi connectivity index (χ4v) is 2.89. The molecule has 0 aromatic carbocycles. The molecule has 0 bridgehead atoms. The topological polar surface area (TPSA) is 60.0 Å². The first-order valence-corrected chi connectivity index (χ1v) is 7.63. The van der Waals surface area contributed by atoms with Crippen molar-refractivity contribution in [2.75, 3.05) is 6.54 Å². The summed E-state index contributed by atoms with van der Waals surface area (Å²) in [6, 6.07) is 2.92. The third-order valence-electron chi connectivity index (χ3n) is 3.34. The van der Waals surface area contributed by atoms with E-state index in [0.717, 1.165) is 31.4 Å². The van der Waals surface area contributed by atoms with Crippen LogP contribution in [0.4, 0.5) is 0 Å². The molecular formula is C13H19N5S. The summed E-state index contributed by atoms with van der Waals surface area (Å²) in [5.41, 5.74) is 7.95. The lowest BCUT2D eigenvalue weighted by atomic mass is 10.3. The van der Waals surface area contributed by atoms with E-state index in [0.29, 0.717) is 6.54 Å². The standard InChI is InChI=1S/C13H19N5S/c14-4-5-18-9-12(15-16-18)8-17(13-1-2-13)7-11-3-6-19-10-11/h3,6,9-10,13H,1-2,4-5,7-8,14H2. The molecule has 3 rings (SSSR count). The van der Waals surface area contributed by atoms with Gasteiger partial charge in [-0.25, -0.2) is 0 Å². The second-order valence-electron chi connectivity index (χ2n) is 5.03. The van der Waals surface area contributed by atoms with Crippen LogP contribution in [0.3, 0.4) is 0 Å². The first kappa shape index (κ1) is 12.8. The molecular weight excluding hydrogens is 258 g/mol. The summed E-state index contributed by atoms with van der Waals surface area (Å²) in [4.78, 5) is 2.50. The van der Waals surface area contributed by atoms with Crippen LogP contribution in [-0.2, 0) is 19.6 Å². The fraction of sp³-hybridized carbons (Fsp3) is 0.538. The van der Waals surface area contributed by atoms with Crippen LogP contribution >= 0.6 is 11.3 Å². The number of hydrogen-bond donors (Lipinski definition) is 1. The van der Waals surface area contributed by atoms with E-state index < -0.39 is 0 Å². The fourth-order valence-electron chi connectivity index (χ4n) is 2.23. The van der Waals surface area contributed by atoms with Crippen LogP contribution in [0.1, 0.15) is 24.1 Å². The van der Waals surface area contributed by atoms with E-state index in [1.165, 1.54) is 18.4 Å². The summed E-state index contributed by atoms with van der Waals surface area (Å²) in [5.74, 6) is 0. The van der Waals surface area contributed by atoms with E-state index >= 15 is 0 Å². The average molecular weight is 277 g/mol. The van der Waals surface area contributed by atoms with Crippen LogP contribution in [0.5, 0.6) is 0 Å². The van der Waals surface area contributed by atoms with Gasteiger partial charge in [-0.2, -0.15) is 11.3 Å². The van der Waals surface area contributed by atoms with Gasteiger partial charge >= 0.3 is 0 Å². The van der Waals surface area contributed by atoms with Crippen LogP contribution in [0.2, 0.25) is 0 Å². The Bertz CT molecular complexity index is 503. The van der Waals surface area contributed by atoms with Crippen molar-refractivity contribution in [2.24, 2.45) is 5.73 Å². The predicted octanol–water partition coefficient (Wildman–Crippen LogP) is 1.46. The molecule has 0 unspecified atom stereocenters. The van der Waals surface area contributed by atoms with Crippen LogP contribution < -0.4 is 5.73 Å². The molecule has 2 aromatic rings. The van der Waals surface area contributed by atoms with E-state index in [2.05, 4.69) is 32.0 Å².